The topological polar surface area (TPSA) is 45.5 Å². The third-order valence-electron chi connectivity index (χ3n) is 5.22. The Morgan fingerprint density at radius 1 is 1.08 bits per heavy atom. The molecule has 1 aliphatic heterocycles. The predicted molar refractivity (Wildman–Crippen MR) is 105 cm³/mol. The first-order valence-electron chi connectivity index (χ1n) is 9.24. The Morgan fingerprint density at radius 2 is 1.85 bits per heavy atom. The zero-order valence-electron chi connectivity index (χ0n) is 15.8. The molecule has 0 aliphatic carbocycles. The number of benzene rings is 1. The quantitative estimate of drug-likeness (QED) is 0.849. The van der Waals surface area contributed by atoms with Crippen LogP contribution in [0.3, 0.4) is 0 Å². The van der Waals surface area contributed by atoms with Gasteiger partial charge in [0.15, 0.2) is 0 Å². The number of nitrogens with zero attached hydrogens (tertiary/aromatic N) is 3. The lowest BCUT2D eigenvalue weighted by molar-refractivity contribution is -0.133. The van der Waals surface area contributed by atoms with Crippen molar-refractivity contribution in [1.29, 1.82) is 0 Å². The van der Waals surface area contributed by atoms with Crippen LogP contribution < -0.4 is 10.5 Å². The summed E-state index contributed by atoms with van der Waals surface area (Å²) in [5, 5.41) is 0. The lowest BCUT2D eigenvalue weighted by atomic mass is 10.1. The van der Waals surface area contributed by atoms with Gasteiger partial charge in [-0.3, -0.25) is 9.59 Å². The van der Waals surface area contributed by atoms with Crippen molar-refractivity contribution in [1.82, 2.24) is 9.47 Å². The molecular weight excluding hydrogens is 326 g/mol. The molecule has 1 amide bonds. The molecule has 1 fully saturated rings. The molecule has 1 atom stereocenters. The summed E-state index contributed by atoms with van der Waals surface area (Å²) in [4.78, 5) is 29.0. The zero-order valence-corrected chi connectivity index (χ0v) is 15.8. The summed E-state index contributed by atoms with van der Waals surface area (Å²) in [6.07, 6.45) is 0.361. The number of piperazine rings is 1. The van der Waals surface area contributed by atoms with Crippen molar-refractivity contribution in [3.8, 4) is 0 Å². The Morgan fingerprint density at radius 3 is 2.54 bits per heavy atom. The van der Waals surface area contributed by atoms with Gasteiger partial charge >= 0.3 is 0 Å². The van der Waals surface area contributed by atoms with E-state index in [4.69, 9.17) is 0 Å². The minimum atomic E-state index is -0.0461. The molecule has 26 heavy (non-hydrogen) atoms. The number of aryl methyl sites for hydroxylation is 2. The number of para-hydroxylation sites is 1. The molecule has 5 heteroatoms. The van der Waals surface area contributed by atoms with Gasteiger partial charge in [0.2, 0.25) is 5.91 Å². The maximum Gasteiger partial charge on any atom is 0.250 e. The first kappa shape index (κ1) is 18.2. The highest BCUT2D eigenvalue weighted by Crippen LogP contribution is 2.23. The monoisotopic (exact) mass is 353 g/mol. The Labute approximate surface area is 154 Å². The summed E-state index contributed by atoms with van der Waals surface area (Å²) < 4.78 is 1.67. The molecule has 0 radical (unpaired) electrons. The second-order valence-electron chi connectivity index (χ2n) is 7.08. The van der Waals surface area contributed by atoms with Crippen LogP contribution in [0.5, 0.6) is 0 Å². The van der Waals surface area contributed by atoms with E-state index in [0.717, 1.165) is 25.3 Å². The van der Waals surface area contributed by atoms with E-state index in [2.05, 4.69) is 43.0 Å². The zero-order chi connectivity index (χ0) is 18.7. The second kappa shape index (κ2) is 7.77. The Balaban J connectivity index is 1.62. The van der Waals surface area contributed by atoms with Crippen LogP contribution in [0.1, 0.15) is 24.6 Å². The summed E-state index contributed by atoms with van der Waals surface area (Å²) >= 11 is 0. The Kier molecular flexibility index (Phi) is 5.45. The van der Waals surface area contributed by atoms with Crippen molar-refractivity contribution in [2.24, 2.45) is 0 Å². The van der Waals surface area contributed by atoms with Gasteiger partial charge in [0, 0.05) is 56.1 Å². The van der Waals surface area contributed by atoms with Gasteiger partial charge in [-0.15, -0.1) is 0 Å². The van der Waals surface area contributed by atoms with Gasteiger partial charge in [0.25, 0.3) is 5.56 Å². The third kappa shape index (κ3) is 3.82. The number of aromatic nitrogens is 1. The molecule has 1 unspecified atom stereocenters. The van der Waals surface area contributed by atoms with Crippen LogP contribution >= 0.6 is 0 Å². The fraction of sp³-hybridized carbons (Fsp3) is 0.429. The molecule has 1 aromatic carbocycles. The fourth-order valence-corrected chi connectivity index (χ4v) is 3.73. The smallest absolute Gasteiger partial charge is 0.250 e. The average molecular weight is 353 g/mol. The summed E-state index contributed by atoms with van der Waals surface area (Å²) in [7, 11) is 0. The third-order valence-corrected chi connectivity index (χ3v) is 5.22. The Hall–Kier alpha value is -2.56. The van der Waals surface area contributed by atoms with Gasteiger partial charge in [-0.2, -0.15) is 0 Å². The van der Waals surface area contributed by atoms with E-state index < -0.39 is 0 Å². The van der Waals surface area contributed by atoms with Crippen LogP contribution in [0.4, 0.5) is 5.69 Å². The molecule has 0 N–H and O–H groups in total. The van der Waals surface area contributed by atoms with Gasteiger partial charge in [-0.05, 0) is 38.5 Å². The van der Waals surface area contributed by atoms with Crippen molar-refractivity contribution in [3.05, 3.63) is 64.1 Å². The van der Waals surface area contributed by atoms with E-state index in [1.165, 1.54) is 11.3 Å². The fourth-order valence-electron chi connectivity index (χ4n) is 3.73. The highest BCUT2D eigenvalue weighted by molar-refractivity contribution is 5.77. The lowest BCUT2D eigenvalue weighted by Crippen LogP contribution is -2.54. The molecule has 2 heterocycles. The molecule has 1 aromatic heterocycles. The highest BCUT2D eigenvalue weighted by atomic mass is 16.2. The van der Waals surface area contributed by atoms with Crippen LogP contribution in [-0.4, -0.2) is 41.1 Å². The van der Waals surface area contributed by atoms with Gasteiger partial charge in [-0.1, -0.05) is 24.3 Å². The van der Waals surface area contributed by atoms with Gasteiger partial charge in [0.05, 0.1) is 0 Å². The molecule has 1 saturated heterocycles. The predicted octanol–water partition coefficient (Wildman–Crippen LogP) is 2.59. The van der Waals surface area contributed by atoms with Gasteiger partial charge in [-0.25, -0.2) is 0 Å². The highest BCUT2D eigenvalue weighted by Gasteiger charge is 2.27. The minimum Gasteiger partial charge on any atom is -0.367 e. The number of hydrogen-bond donors (Lipinski definition) is 0. The normalized spacial score (nSPS) is 17.4. The van der Waals surface area contributed by atoms with Gasteiger partial charge in [0.1, 0.15) is 0 Å². The molecule has 5 nitrogen and oxygen atoms in total. The summed E-state index contributed by atoms with van der Waals surface area (Å²) in [5.74, 6) is 0.122. The maximum atomic E-state index is 12.7. The van der Waals surface area contributed by atoms with E-state index in [1.807, 2.05) is 17.9 Å². The lowest BCUT2D eigenvalue weighted by Gasteiger charge is -2.41. The van der Waals surface area contributed by atoms with Crippen LogP contribution in [0.25, 0.3) is 0 Å². The van der Waals surface area contributed by atoms with Crippen LogP contribution in [0, 0.1) is 13.8 Å². The van der Waals surface area contributed by atoms with Crippen molar-refractivity contribution >= 4 is 11.6 Å². The first-order valence-corrected chi connectivity index (χ1v) is 9.24. The Bertz CT molecular complexity index is 843. The number of anilines is 1. The minimum absolute atomic E-state index is 0.0461. The maximum absolute atomic E-state index is 12.7. The number of pyridine rings is 1. The molecule has 138 valence electrons. The standard InChI is InChI=1S/C21H27N3O2/c1-16-7-4-5-9-19(16)22-13-14-24(18(3)15-22)21(26)11-12-23-17(2)8-6-10-20(23)25/h4-10,18H,11-15H2,1-3H3. The van der Waals surface area contributed by atoms with E-state index >= 15 is 0 Å². The van der Waals surface area contributed by atoms with Crippen molar-refractivity contribution in [2.75, 3.05) is 24.5 Å². The molecule has 2 aromatic rings. The molecule has 1 aliphatic rings. The van der Waals surface area contributed by atoms with Gasteiger partial charge < -0.3 is 14.4 Å². The van der Waals surface area contributed by atoms with Crippen LogP contribution in [0.2, 0.25) is 0 Å². The number of carbonyl (C=O) groups excluding carboxylic acids is 1. The van der Waals surface area contributed by atoms with Crippen LogP contribution in [-0.2, 0) is 11.3 Å². The molecular formula is C21H27N3O2. The first-order chi connectivity index (χ1) is 12.5. The van der Waals surface area contributed by atoms with Crippen molar-refractivity contribution < 1.29 is 4.79 Å². The summed E-state index contributed by atoms with van der Waals surface area (Å²) in [6, 6.07) is 13.7. The summed E-state index contributed by atoms with van der Waals surface area (Å²) in [5.41, 5.74) is 3.36. The molecule has 3 rings (SSSR count). The molecule has 0 bridgehead atoms. The second-order valence-corrected chi connectivity index (χ2v) is 7.08. The SMILES string of the molecule is Cc1ccccc1N1CCN(C(=O)CCn2c(C)cccc2=O)C(C)C1. The molecule has 0 saturated carbocycles. The number of amides is 1. The average Bonchev–Trinajstić information content (AvgIpc) is 2.61. The van der Waals surface area contributed by atoms with Crippen molar-refractivity contribution in [3.63, 3.8) is 0 Å². The number of rotatable bonds is 4. The van der Waals surface area contributed by atoms with E-state index in [9.17, 15) is 9.59 Å². The van der Waals surface area contributed by atoms with Crippen molar-refractivity contribution in [2.45, 2.75) is 39.8 Å². The van der Waals surface area contributed by atoms with E-state index in [1.54, 1.807) is 16.7 Å². The van der Waals surface area contributed by atoms with Crippen LogP contribution in [0.15, 0.2) is 47.3 Å². The largest absolute Gasteiger partial charge is 0.367 e. The van der Waals surface area contributed by atoms with E-state index in [0.29, 0.717) is 13.0 Å². The number of hydrogen-bond acceptors (Lipinski definition) is 3. The van der Waals surface area contributed by atoms with E-state index in [-0.39, 0.29) is 17.5 Å². The number of carbonyl (C=O) groups is 1. The summed E-state index contributed by atoms with van der Waals surface area (Å²) in [6.45, 7) is 8.95. The molecule has 0 spiro atoms.